The van der Waals surface area contributed by atoms with Crippen molar-refractivity contribution in [3.63, 3.8) is 0 Å². The fraction of sp³-hybridized carbons (Fsp3) is 0.917. The second kappa shape index (κ2) is 4.89. The minimum atomic E-state index is 0.502. The molecular formula is C12H25. The second-order valence-electron chi connectivity index (χ2n) is 4.78. The summed E-state index contributed by atoms with van der Waals surface area (Å²) in [5, 5.41) is 0. The van der Waals surface area contributed by atoms with Crippen molar-refractivity contribution < 1.29 is 0 Å². The lowest BCUT2D eigenvalue weighted by atomic mass is 9.69. The Balaban J connectivity index is 4.25. The molecule has 0 heterocycles. The molecule has 0 bridgehead atoms. The topological polar surface area (TPSA) is 0 Å². The van der Waals surface area contributed by atoms with Gasteiger partial charge in [-0.25, -0.2) is 0 Å². The molecule has 0 aromatic carbocycles. The van der Waals surface area contributed by atoms with Crippen molar-refractivity contribution >= 4 is 0 Å². The van der Waals surface area contributed by atoms with Gasteiger partial charge in [-0.15, -0.1) is 0 Å². The van der Waals surface area contributed by atoms with Crippen LogP contribution in [0.2, 0.25) is 0 Å². The molecule has 0 aliphatic heterocycles. The van der Waals surface area contributed by atoms with Crippen LogP contribution in [-0.4, -0.2) is 0 Å². The fourth-order valence-corrected chi connectivity index (χ4v) is 2.56. The molecule has 0 nitrogen and oxygen atoms in total. The third kappa shape index (κ3) is 3.16. The predicted octanol–water partition coefficient (Wildman–Crippen LogP) is 4.45. The molecule has 1 atom stereocenters. The lowest BCUT2D eigenvalue weighted by Crippen LogP contribution is -2.26. The van der Waals surface area contributed by atoms with Gasteiger partial charge in [-0.3, -0.25) is 0 Å². The highest BCUT2D eigenvalue weighted by Crippen LogP contribution is 2.39. The molecular weight excluding hydrogens is 144 g/mol. The van der Waals surface area contributed by atoms with E-state index < -0.39 is 0 Å². The highest BCUT2D eigenvalue weighted by atomic mass is 14.3. The summed E-state index contributed by atoms with van der Waals surface area (Å²) in [6, 6.07) is 0. The molecule has 0 amide bonds. The maximum atomic E-state index is 2.40. The van der Waals surface area contributed by atoms with E-state index >= 15 is 0 Å². The fourth-order valence-electron chi connectivity index (χ4n) is 2.56. The summed E-state index contributed by atoms with van der Waals surface area (Å²) in [4.78, 5) is 0. The molecule has 0 aromatic heterocycles. The van der Waals surface area contributed by atoms with Crippen LogP contribution in [-0.2, 0) is 0 Å². The van der Waals surface area contributed by atoms with Gasteiger partial charge in [0.1, 0.15) is 0 Å². The van der Waals surface area contributed by atoms with Gasteiger partial charge in [-0.2, -0.15) is 0 Å². The van der Waals surface area contributed by atoms with Crippen LogP contribution in [0.15, 0.2) is 0 Å². The summed E-state index contributed by atoms with van der Waals surface area (Å²) >= 11 is 0. The number of hydrogen-bond donors (Lipinski definition) is 0. The average molecular weight is 169 g/mol. The molecule has 0 aliphatic carbocycles. The maximum Gasteiger partial charge on any atom is -0.0267 e. The van der Waals surface area contributed by atoms with Crippen LogP contribution in [0.25, 0.3) is 0 Å². The van der Waals surface area contributed by atoms with Crippen LogP contribution in [0, 0.1) is 17.3 Å². The standard InChI is InChI=1S/C12H25/c1-7-9-12(5,6)11(8-2)10(3)4/h11H,7-9H2,1-6H3. The Bertz CT molecular complexity index is 111. The van der Waals surface area contributed by atoms with Gasteiger partial charge < -0.3 is 0 Å². The van der Waals surface area contributed by atoms with Gasteiger partial charge in [0.15, 0.2) is 0 Å². The van der Waals surface area contributed by atoms with Gasteiger partial charge in [-0.05, 0) is 23.7 Å². The van der Waals surface area contributed by atoms with E-state index in [0.29, 0.717) is 5.41 Å². The largest absolute Gasteiger partial charge is 0.0654 e. The van der Waals surface area contributed by atoms with E-state index in [1.807, 2.05) is 0 Å². The molecule has 0 spiro atoms. The first-order chi connectivity index (χ1) is 5.45. The number of hydrogen-bond acceptors (Lipinski definition) is 0. The number of rotatable bonds is 5. The zero-order valence-electron chi connectivity index (χ0n) is 9.70. The van der Waals surface area contributed by atoms with Crippen molar-refractivity contribution in [1.82, 2.24) is 0 Å². The first-order valence-electron chi connectivity index (χ1n) is 5.25. The third-order valence-corrected chi connectivity index (χ3v) is 2.94. The van der Waals surface area contributed by atoms with E-state index in [4.69, 9.17) is 0 Å². The molecule has 12 heavy (non-hydrogen) atoms. The van der Waals surface area contributed by atoms with E-state index in [2.05, 4.69) is 41.5 Å². The van der Waals surface area contributed by atoms with Crippen molar-refractivity contribution in [3.8, 4) is 0 Å². The molecule has 0 rings (SSSR count). The van der Waals surface area contributed by atoms with Gasteiger partial charge in [0.25, 0.3) is 0 Å². The molecule has 0 saturated carbocycles. The Morgan fingerprint density at radius 1 is 1.17 bits per heavy atom. The molecule has 0 fully saturated rings. The van der Waals surface area contributed by atoms with Crippen molar-refractivity contribution in [3.05, 3.63) is 5.92 Å². The Morgan fingerprint density at radius 2 is 1.67 bits per heavy atom. The first kappa shape index (κ1) is 12.0. The zero-order chi connectivity index (χ0) is 9.78. The highest BCUT2D eigenvalue weighted by molar-refractivity contribution is 4.94. The summed E-state index contributed by atoms with van der Waals surface area (Å²) in [5.74, 6) is 2.40. The van der Waals surface area contributed by atoms with Crippen molar-refractivity contribution in [1.29, 1.82) is 0 Å². The average Bonchev–Trinajstić information content (AvgIpc) is 1.86. The van der Waals surface area contributed by atoms with E-state index in [9.17, 15) is 0 Å². The summed E-state index contributed by atoms with van der Waals surface area (Å²) in [6.07, 6.45) is 3.93. The summed E-state index contributed by atoms with van der Waals surface area (Å²) < 4.78 is 0. The van der Waals surface area contributed by atoms with E-state index in [1.54, 1.807) is 5.92 Å². The minimum absolute atomic E-state index is 0.502. The minimum Gasteiger partial charge on any atom is -0.0654 e. The summed E-state index contributed by atoms with van der Waals surface area (Å²) in [7, 11) is 0. The SMILES string of the molecule is CCCC(C)(C)C(CC)[C](C)C. The lowest BCUT2D eigenvalue weighted by Gasteiger charge is -2.36. The van der Waals surface area contributed by atoms with Gasteiger partial charge in [0.05, 0.1) is 0 Å². The smallest absolute Gasteiger partial charge is 0.0267 e. The first-order valence-corrected chi connectivity index (χ1v) is 5.25. The lowest BCUT2D eigenvalue weighted by molar-refractivity contribution is 0.198. The molecule has 1 unspecified atom stereocenters. The zero-order valence-corrected chi connectivity index (χ0v) is 9.70. The Morgan fingerprint density at radius 3 is 1.92 bits per heavy atom. The summed E-state index contributed by atoms with van der Waals surface area (Å²) in [6.45, 7) is 13.9. The second-order valence-corrected chi connectivity index (χ2v) is 4.78. The van der Waals surface area contributed by atoms with Gasteiger partial charge in [0, 0.05) is 0 Å². The van der Waals surface area contributed by atoms with Gasteiger partial charge >= 0.3 is 0 Å². The molecule has 1 radical (unpaired) electrons. The Labute approximate surface area is 78.8 Å². The van der Waals surface area contributed by atoms with Crippen LogP contribution in [0.5, 0.6) is 0 Å². The monoisotopic (exact) mass is 169 g/mol. The van der Waals surface area contributed by atoms with E-state index in [-0.39, 0.29) is 0 Å². The normalized spacial score (nSPS) is 15.2. The van der Waals surface area contributed by atoms with Crippen molar-refractivity contribution in [2.24, 2.45) is 11.3 Å². The van der Waals surface area contributed by atoms with Crippen molar-refractivity contribution in [2.45, 2.75) is 60.8 Å². The molecule has 73 valence electrons. The predicted molar refractivity (Wildman–Crippen MR) is 57.1 cm³/mol. The van der Waals surface area contributed by atoms with Gasteiger partial charge in [-0.1, -0.05) is 54.4 Å². The highest BCUT2D eigenvalue weighted by Gasteiger charge is 2.29. The molecule has 0 saturated heterocycles. The van der Waals surface area contributed by atoms with E-state index in [1.165, 1.54) is 19.3 Å². The Hall–Kier alpha value is 0. The summed E-state index contributed by atoms with van der Waals surface area (Å²) in [5.41, 5.74) is 0.502. The van der Waals surface area contributed by atoms with Crippen LogP contribution in [0.1, 0.15) is 60.8 Å². The molecule has 0 aliphatic rings. The van der Waals surface area contributed by atoms with Crippen LogP contribution in [0.3, 0.4) is 0 Å². The van der Waals surface area contributed by atoms with Crippen LogP contribution < -0.4 is 0 Å². The van der Waals surface area contributed by atoms with E-state index in [0.717, 1.165) is 5.92 Å². The molecule has 0 N–H and O–H groups in total. The van der Waals surface area contributed by atoms with Crippen molar-refractivity contribution in [2.75, 3.05) is 0 Å². The van der Waals surface area contributed by atoms with Gasteiger partial charge in [0.2, 0.25) is 0 Å². The third-order valence-electron chi connectivity index (χ3n) is 2.94. The Kier molecular flexibility index (Phi) is 4.89. The molecule has 0 heteroatoms. The van der Waals surface area contributed by atoms with Crippen LogP contribution in [0.4, 0.5) is 0 Å². The van der Waals surface area contributed by atoms with Crippen LogP contribution >= 0.6 is 0 Å². The maximum absolute atomic E-state index is 2.40. The quantitative estimate of drug-likeness (QED) is 0.570. The molecule has 0 aromatic rings.